The lowest BCUT2D eigenvalue weighted by Crippen LogP contribution is -2.39. The van der Waals surface area contributed by atoms with E-state index in [1.165, 1.54) is 69.3 Å². The number of anilines is 2. The zero-order chi connectivity index (χ0) is 16.1. The van der Waals surface area contributed by atoms with Crippen molar-refractivity contribution in [1.29, 1.82) is 0 Å². The Kier molecular flexibility index (Phi) is 5.82. The number of nitrogen functional groups attached to an aromatic ring is 1. The highest BCUT2D eigenvalue weighted by molar-refractivity contribution is 5.68. The Morgan fingerprint density at radius 1 is 1.09 bits per heavy atom. The Morgan fingerprint density at radius 2 is 1.87 bits per heavy atom. The molecular weight excluding hydrogens is 282 g/mol. The van der Waals surface area contributed by atoms with E-state index in [4.69, 9.17) is 5.73 Å². The van der Waals surface area contributed by atoms with Gasteiger partial charge in [0, 0.05) is 19.1 Å². The van der Waals surface area contributed by atoms with E-state index in [0.29, 0.717) is 0 Å². The molecule has 2 aliphatic rings. The maximum Gasteiger partial charge on any atom is 0.0600 e. The second kappa shape index (κ2) is 8.05. The number of likely N-dealkylation sites (tertiary alicyclic amines) is 1. The molecule has 3 rings (SSSR count). The molecule has 3 heteroatoms. The van der Waals surface area contributed by atoms with Crippen molar-refractivity contribution >= 4 is 11.4 Å². The van der Waals surface area contributed by atoms with Crippen molar-refractivity contribution in [3.8, 4) is 0 Å². The van der Waals surface area contributed by atoms with Gasteiger partial charge in [0.05, 0.1) is 11.4 Å². The van der Waals surface area contributed by atoms with Crippen LogP contribution in [0.4, 0.5) is 11.4 Å². The second-order valence-electron chi connectivity index (χ2n) is 7.28. The number of piperidine rings is 1. The van der Waals surface area contributed by atoms with Gasteiger partial charge < -0.3 is 15.5 Å². The van der Waals surface area contributed by atoms with E-state index in [1.54, 1.807) is 0 Å². The smallest absolute Gasteiger partial charge is 0.0600 e. The number of rotatable bonds is 6. The average molecular weight is 316 g/mol. The molecule has 2 heterocycles. The zero-order valence-electron chi connectivity index (χ0n) is 14.8. The zero-order valence-corrected chi connectivity index (χ0v) is 14.8. The van der Waals surface area contributed by atoms with E-state index in [2.05, 4.69) is 34.9 Å². The summed E-state index contributed by atoms with van der Waals surface area (Å²) in [6.07, 6.45) is 10.5. The van der Waals surface area contributed by atoms with Crippen LogP contribution in [0.3, 0.4) is 0 Å². The molecule has 1 aromatic rings. The number of aryl methyl sites for hydroxylation is 1. The van der Waals surface area contributed by atoms with Crippen molar-refractivity contribution in [1.82, 2.24) is 4.90 Å². The normalized spacial score (nSPS) is 22.7. The molecule has 1 unspecified atom stereocenters. The molecule has 128 valence electrons. The van der Waals surface area contributed by atoms with Crippen LogP contribution in [0.25, 0.3) is 0 Å². The first-order chi connectivity index (χ1) is 11.3. The highest BCUT2D eigenvalue weighted by Gasteiger charge is 2.20. The van der Waals surface area contributed by atoms with Crippen molar-refractivity contribution in [2.45, 2.75) is 64.3 Å². The van der Waals surface area contributed by atoms with E-state index in [1.807, 2.05) is 0 Å². The Bertz CT molecular complexity index is 494. The predicted octanol–water partition coefficient (Wildman–Crippen LogP) is 4.07. The Labute approximate surface area is 141 Å². The predicted molar refractivity (Wildman–Crippen MR) is 100 cm³/mol. The Hall–Kier alpha value is -1.22. The van der Waals surface area contributed by atoms with Gasteiger partial charge in [-0.2, -0.15) is 0 Å². The first kappa shape index (κ1) is 16.6. The Morgan fingerprint density at radius 3 is 2.61 bits per heavy atom. The molecule has 1 aromatic carbocycles. The van der Waals surface area contributed by atoms with E-state index >= 15 is 0 Å². The molecule has 0 aliphatic carbocycles. The molecule has 0 saturated carbocycles. The van der Waals surface area contributed by atoms with Crippen molar-refractivity contribution in [2.24, 2.45) is 0 Å². The van der Waals surface area contributed by atoms with E-state index in [9.17, 15) is 0 Å². The summed E-state index contributed by atoms with van der Waals surface area (Å²) in [7, 11) is 0. The molecule has 0 radical (unpaired) electrons. The molecule has 2 N–H and O–H groups in total. The third kappa shape index (κ3) is 4.20. The van der Waals surface area contributed by atoms with Gasteiger partial charge in [-0.05, 0) is 75.7 Å². The van der Waals surface area contributed by atoms with E-state index in [0.717, 1.165) is 31.2 Å². The van der Waals surface area contributed by atoms with Crippen LogP contribution < -0.4 is 10.6 Å². The Balaban J connectivity index is 1.51. The second-order valence-corrected chi connectivity index (χ2v) is 7.28. The molecule has 0 aromatic heterocycles. The van der Waals surface area contributed by atoms with Crippen molar-refractivity contribution < 1.29 is 0 Å². The van der Waals surface area contributed by atoms with Gasteiger partial charge in [0.15, 0.2) is 0 Å². The maximum atomic E-state index is 6.31. The van der Waals surface area contributed by atoms with Crippen LogP contribution in [0, 0.1) is 0 Å². The number of hydrogen-bond donors (Lipinski definition) is 1. The summed E-state index contributed by atoms with van der Waals surface area (Å²) in [5.74, 6) is 0. The summed E-state index contributed by atoms with van der Waals surface area (Å²) in [5, 5.41) is 0. The van der Waals surface area contributed by atoms with Crippen LogP contribution in [0.15, 0.2) is 18.2 Å². The highest BCUT2D eigenvalue weighted by atomic mass is 15.2. The fourth-order valence-electron chi connectivity index (χ4n) is 4.31. The number of benzene rings is 1. The fraction of sp³-hybridized carbons (Fsp3) is 0.700. The summed E-state index contributed by atoms with van der Waals surface area (Å²) in [6.45, 7) is 7.20. The van der Waals surface area contributed by atoms with Crippen molar-refractivity contribution in [3.63, 3.8) is 0 Å². The van der Waals surface area contributed by atoms with Crippen LogP contribution in [-0.2, 0) is 6.42 Å². The standard InChI is InChI=1S/C20H33N3/c1-2-18-9-3-4-12-22(18)15-7-8-17-10-11-20(19(21)16-17)23-13-5-6-14-23/h10-11,16,18H,2-9,12-15,21H2,1H3. The molecule has 3 nitrogen and oxygen atoms in total. The minimum absolute atomic E-state index is 0.825. The molecule has 2 aliphatic heterocycles. The van der Waals surface area contributed by atoms with Crippen molar-refractivity contribution in [3.05, 3.63) is 23.8 Å². The van der Waals surface area contributed by atoms with Crippen LogP contribution >= 0.6 is 0 Å². The molecular formula is C20H33N3. The van der Waals surface area contributed by atoms with Gasteiger partial charge in [0.2, 0.25) is 0 Å². The van der Waals surface area contributed by atoms with E-state index < -0.39 is 0 Å². The summed E-state index contributed by atoms with van der Waals surface area (Å²) < 4.78 is 0. The molecule has 2 fully saturated rings. The third-order valence-corrected chi connectivity index (χ3v) is 5.67. The first-order valence-electron chi connectivity index (χ1n) is 9.65. The van der Waals surface area contributed by atoms with Gasteiger partial charge in [-0.25, -0.2) is 0 Å². The summed E-state index contributed by atoms with van der Waals surface area (Å²) in [6, 6.07) is 7.57. The van der Waals surface area contributed by atoms with Crippen LogP contribution in [0.5, 0.6) is 0 Å². The summed E-state index contributed by atoms with van der Waals surface area (Å²) in [5.41, 5.74) is 9.92. The number of nitrogens with zero attached hydrogens (tertiary/aromatic N) is 2. The van der Waals surface area contributed by atoms with Crippen molar-refractivity contribution in [2.75, 3.05) is 36.8 Å². The first-order valence-corrected chi connectivity index (χ1v) is 9.65. The topological polar surface area (TPSA) is 32.5 Å². The van der Waals surface area contributed by atoms with Crippen LogP contribution in [-0.4, -0.2) is 37.1 Å². The number of hydrogen-bond acceptors (Lipinski definition) is 3. The lowest BCUT2D eigenvalue weighted by Gasteiger charge is -2.35. The lowest BCUT2D eigenvalue weighted by atomic mass is 9.99. The monoisotopic (exact) mass is 315 g/mol. The van der Waals surface area contributed by atoms with Gasteiger partial charge in [-0.1, -0.05) is 19.4 Å². The van der Waals surface area contributed by atoms with Gasteiger partial charge >= 0.3 is 0 Å². The minimum Gasteiger partial charge on any atom is -0.397 e. The highest BCUT2D eigenvalue weighted by Crippen LogP contribution is 2.28. The largest absolute Gasteiger partial charge is 0.397 e. The molecule has 1 atom stereocenters. The quantitative estimate of drug-likeness (QED) is 0.803. The van der Waals surface area contributed by atoms with Gasteiger partial charge in [-0.3, -0.25) is 0 Å². The molecule has 0 bridgehead atoms. The minimum atomic E-state index is 0.825. The SMILES string of the molecule is CCC1CCCCN1CCCc1ccc(N2CCCC2)c(N)c1. The maximum absolute atomic E-state index is 6.31. The number of nitrogens with two attached hydrogens (primary N) is 1. The summed E-state index contributed by atoms with van der Waals surface area (Å²) >= 11 is 0. The van der Waals surface area contributed by atoms with Crippen LogP contribution in [0.1, 0.15) is 57.4 Å². The molecule has 0 amide bonds. The van der Waals surface area contributed by atoms with E-state index in [-0.39, 0.29) is 0 Å². The molecule has 23 heavy (non-hydrogen) atoms. The lowest BCUT2D eigenvalue weighted by molar-refractivity contribution is 0.142. The summed E-state index contributed by atoms with van der Waals surface area (Å²) in [4.78, 5) is 5.14. The van der Waals surface area contributed by atoms with Gasteiger partial charge in [0.25, 0.3) is 0 Å². The third-order valence-electron chi connectivity index (χ3n) is 5.67. The van der Waals surface area contributed by atoms with Crippen LogP contribution in [0.2, 0.25) is 0 Å². The molecule has 0 spiro atoms. The van der Waals surface area contributed by atoms with Gasteiger partial charge in [0.1, 0.15) is 0 Å². The van der Waals surface area contributed by atoms with Gasteiger partial charge in [-0.15, -0.1) is 0 Å². The molecule has 2 saturated heterocycles. The fourth-order valence-corrected chi connectivity index (χ4v) is 4.31. The average Bonchev–Trinajstić information content (AvgIpc) is 3.09.